The van der Waals surface area contributed by atoms with Crippen LogP contribution >= 0.6 is 0 Å². The van der Waals surface area contributed by atoms with E-state index in [1.165, 1.54) is 11.1 Å². The highest BCUT2D eigenvalue weighted by Crippen LogP contribution is 2.27. The number of benzene rings is 2. The van der Waals surface area contributed by atoms with Gasteiger partial charge in [-0.25, -0.2) is 4.98 Å². The molecule has 0 amide bonds. The van der Waals surface area contributed by atoms with Crippen molar-refractivity contribution in [2.24, 2.45) is 0 Å². The smallest absolute Gasteiger partial charge is 0.261 e. The molecule has 2 aromatic heterocycles. The summed E-state index contributed by atoms with van der Waals surface area (Å²) in [5.41, 5.74) is 4.08. The topological polar surface area (TPSA) is 63.8 Å². The molecule has 2 heterocycles. The Kier molecular flexibility index (Phi) is 4.43. The fraction of sp³-hybridized carbons (Fsp3) is 0.0952. The quantitative estimate of drug-likeness (QED) is 0.568. The van der Waals surface area contributed by atoms with E-state index in [0.29, 0.717) is 18.3 Å². The van der Waals surface area contributed by atoms with Crippen LogP contribution in [0.5, 0.6) is 0 Å². The first-order chi connectivity index (χ1) is 12.8. The maximum Gasteiger partial charge on any atom is 0.261 e. The second-order valence-electron chi connectivity index (χ2n) is 6.03. The van der Waals surface area contributed by atoms with E-state index in [9.17, 15) is 0 Å². The van der Waals surface area contributed by atoms with Crippen LogP contribution in [0.15, 0.2) is 77.4 Å². The largest absolute Gasteiger partial charge is 0.365 e. The highest BCUT2D eigenvalue weighted by Gasteiger charge is 2.14. The van der Waals surface area contributed by atoms with Gasteiger partial charge >= 0.3 is 0 Å². The van der Waals surface area contributed by atoms with Crippen molar-refractivity contribution in [1.29, 1.82) is 0 Å². The van der Waals surface area contributed by atoms with E-state index in [-0.39, 0.29) is 0 Å². The second-order valence-corrected chi connectivity index (χ2v) is 6.03. The molecular formula is C21H18N4O. The molecule has 2 aromatic carbocycles. The first-order valence-corrected chi connectivity index (χ1v) is 8.43. The van der Waals surface area contributed by atoms with E-state index < -0.39 is 0 Å². The van der Waals surface area contributed by atoms with E-state index in [4.69, 9.17) is 4.52 Å². The number of aryl methyl sites for hydroxylation is 1. The summed E-state index contributed by atoms with van der Waals surface area (Å²) in [6, 6.07) is 22.0. The van der Waals surface area contributed by atoms with E-state index >= 15 is 0 Å². The number of rotatable bonds is 5. The Morgan fingerprint density at radius 3 is 2.54 bits per heavy atom. The van der Waals surface area contributed by atoms with Crippen molar-refractivity contribution >= 4 is 5.82 Å². The molecule has 0 aliphatic heterocycles. The predicted octanol–water partition coefficient (Wildman–Crippen LogP) is 4.72. The zero-order chi connectivity index (χ0) is 17.8. The highest BCUT2D eigenvalue weighted by atomic mass is 16.5. The molecule has 1 N–H and O–H groups in total. The van der Waals surface area contributed by atoms with Crippen molar-refractivity contribution < 1.29 is 4.52 Å². The molecule has 0 radical (unpaired) electrons. The summed E-state index contributed by atoms with van der Waals surface area (Å²) in [5.74, 6) is 1.73. The van der Waals surface area contributed by atoms with Gasteiger partial charge in [0.15, 0.2) is 0 Å². The zero-order valence-corrected chi connectivity index (χ0v) is 14.4. The Hall–Kier alpha value is -3.47. The van der Waals surface area contributed by atoms with Crippen LogP contribution in [0.25, 0.3) is 22.8 Å². The summed E-state index contributed by atoms with van der Waals surface area (Å²) in [4.78, 5) is 8.96. The zero-order valence-electron chi connectivity index (χ0n) is 14.4. The van der Waals surface area contributed by atoms with E-state index in [0.717, 1.165) is 16.9 Å². The Bertz CT molecular complexity index is 994. The monoisotopic (exact) mass is 342 g/mol. The average molecular weight is 342 g/mol. The van der Waals surface area contributed by atoms with Crippen molar-refractivity contribution in [2.75, 3.05) is 5.32 Å². The molecule has 0 spiro atoms. The van der Waals surface area contributed by atoms with Crippen molar-refractivity contribution in [3.05, 3.63) is 84.1 Å². The summed E-state index contributed by atoms with van der Waals surface area (Å²) >= 11 is 0. The van der Waals surface area contributed by atoms with Crippen molar-refractivity contribution in [3.63, 3.8) is 0 Å². The van der Waals surface area contributed by atoms with Gasteiger partial charge in [-0.05, 0) is 24.6 Å². The summed E-state index contributed by atoms with van der Waals surface area (Å²) in [6.45, 7) is 2.72. The minimum atomic E-state index is 0.448. The van der Waals surface area contributed by atoms with Gasteiger partial charge in [0.05, 0.1) is 5.56 Å². The molecule has 0 unspecified atom stereocenters. The number of hydrogen-bond donors (Lipinski definition) is 1. The van der Waals surface area contributed by atoms with Crippen LogP contribution in [0.1, 0.15) is 11.1 Å². The van der Waals surface area contributed by atoms with Crippen LogP contribution < -0.4 is 5.32 Å². The lowest BCUT2D eigenvalue weighted by atomic mass is 10.1. The minimum absolute atomic E-state index is 0.448. The molecule has 128 valence electrons. The number of hydrogen-bond acceptors (Lipinski definition) is 5. The van der Waals surface area contributed by atoms with Gasteiger partial charge in [0.1, 0.15) is 5.82 Å². The number of nitrogens with zero attached hydrogens (tertiary/aromatic N) is 3. The molecule has 26 heavy (non-hydrogen) atoms. The molecule has 0 bridgehead atoms. The molecule has 0 aliphatic carbocycles. The molecule has 0 saturated carbocycles. The number of nitrogens with one attached hydrogen (secondary N) is 1. The Morgan fingerprint density at radius 2 is 1.73 bits per heavy atom. The molecule has 0 aliphatic rings. The molecule has 0 saturated heterocycles. The van der Waals surface area contributed by atoms with Gasteiger partial charge in [0.25, 0.3) is 5.89 Å². The van der Waals surface area contributed by atoms with Gasteiger partial charge in [-0.2, -0.15) is 4.98 Å². The SMILES string of the molecule is Cc1ccc(-c2noc(-c3cccnc3NCc3ccccc3)n2)cc1. The number of aromatic nitrogens is 3. The molecule has 0 atom stereocenters. The third-order valence-electron chi connectivity index (χ3n) is 4.08. The van der Waals surface area contributed by atoms with Gasteiger partial charge in [-0.15, -0.1) is 0 Å². The van der Waals surface area contributed by atoms with E-state index in [1.807, 2.05) is 61.5 Å². The third-order valence-corrected chi connectivity index (χ3v) is 4.08. The van der Waals surface area contributed by atoms with Crippen LogP contribution in [0, 0.1) is 6.92 Å². The Balaban J connectivity index is 1.59. The Morgan fingerprint density at radius 1 is 0.923 bits per heavy atom. The lowest BCUT2D eigenvalue weighted by Crippen LogP contribution is -2.02. The average Bonchev–Trinajstić information content (AvgIpc) is 3.18. The molecule has 4 aromatic rings. The third kappa shape index (κ3) is 3.47. The molecule has 0 fully saturated rings. The fourth-order valence-corrected chi connectivity index (χ4v) is 2.65. The molecule has 5 nitrogen and oxygen atoms in total. The lowest BCUT2D eigenvalue weighted by Gasteiger charge is -2.08. The fourth-order valence-electron chi connectivity index (χ4n) is 2.65. The first-order valence-electron chi connectivity index (χ1n) is 8.43. The van der Waals surface area contributed by atoms with Gasteiger partial charge in [0.2, 0.25) is 5.82 Å². The normalized spacial score (nSPS) is 10.7. The summed E-state index contributed by atoms with van der Waals surface area (Å²) < 4.78 is 5.49. The van der Waals surface area contributed by atoms with Crippen LogP contribution in [-0.4, -0.2) is 15.1 Å². The van der Waals surface area contributed by atoms with Gasteiger partial charge in [-0.3, -0.25) is 0 Å². The highest BCUT2D eigenvalue weighted by molar-refractivity contribution is 5.70. The van der Waals surface area contributed by atoms with Crippen LogP contribution in [-0.2, 0) is 6.54 Å². The standard InChI is InChI=1S/C21H18N4O/c1-15-9-11-17(12-10-15)19-24-21(26-25-19)18-8-5-13-22-20(18)23-14-16-6-3-2-4-7-16/h2-13H,14H2,1H3,(H,22,23). The maximum absolute atomic E-state index is 5.49. The van der Waals surface area contributed by atoms with Crippen molar-refractivity contribution in [2.45, 2.75) is 13.5 Å². The minimum Gasteiger partial charge on any atom is -0.365 e. The van der Waals surface area contributed by atoms with Crippen molar-refractivity contribution in [1.82, 2.24) is 15.1 Å². The van der Waals surface area contributed by atoms with Crippen LogP contribution in [0.3, 0.4) is 0 Å². The molecule has 5 heteroatoms. The van der Waals surface area contributed by atoms with Crippen LogP contribution in [0.4, 0.5) is 5.82 Å². The summed E-state index contributed by atoms with van der Waals surface area (Å²) in [5, 5.41) is 7.46. The Labute approximate surface area is 151 Å². The molecule has 4 rings (SSSR count). The van der Waals surface area contributed by atoms with Gasteiger partial charge in [0, 0.05) is 18.3 Å². The number of pyridine rings is 1. The van der Waals surface area contributed by atoms with Crippen LogP contribution in [0.2, 0.25) is 0 Å². The first kappa shape index (κ1) is 16.0. The van der Waals surface area contributed by atoms with E-state index in [1.54, 1.807) is 6.20 Å². The predicted molar refractivity (Wildman–Crippen MR) is 101 cm³/mol. The molecular weight excluding hydrogens is 324 g/mol. The van der Waals surface area contributed by atoms with E-state index in [2.05, 4.69) is 32.6 Å². The lowest BCUT2D eigenvalue weighted by molar-refractivity contribution is 0.432. The van der Waals surface area contributed by atoms with Gasteiger partial charge < -0.3 is 9.84 Å². The van der Waals surface area contributed by atoms with Crippen molar-refractivity contribution in [3.8, 4) is 22.8 Å². The maximum atomic E-state index is 5.49. The summed E-state index contributed by atoms with van der Waals surface area (Å²) in [6.07, 6.45) is 1.74. The van der Waals surface area contributed by atoms with Gasteiger partial charge in [-0.1, -0.05) is 65.3 Å². The summed E-state index contributed by atoms with van der Waals surface area (Å²) in [7, 11) is 0. The second kappa shape index (κ2) is 7.19. The number of anilines is 1.